The second kappa shape index (κ2) is 4.52. The van der Waals surface area contributed by atoms with Crippen molar-refractivity contribution in [2.45, 2.75) is 13.3 Å². The predicted molar refractivity (Wildman–Crippen MR) is 72.9 cm³/mol. The fourth-order valence-electron chi connectivity index (χ4n) is 2.26. The van der Waals surface area contributed by atoms with Gasteiger partial charge in [-0.2, -0.15) is 0 Å². The van der Waals surface area contributed by atoms with E-state index in [4.69, 9.17) is 13.9 Å². The van der Waals surface area contributed by atoms with Crippen LogP contribution in [0.2, 0.25) is 0 Å². The topological polar surface area (TPSA) is 65.7 Å². The number of hydrogen-bond donors (Lipinski definition) is 0. The highest BCUT2D eigenvalue weighted by Gasteiger charge is 2.19. The van der Waals surface area contributed by atoms with Gasteiger partial charge in [-0.15, -0.1) is 0 Å². The number of methoxy groups -OCH3 is 1. The molecule has 5 nitrogen and oxygen atoms in total. The molecule has 0 spiro atoms. The Kier molecular flexibility index (Phi) is 2.82. The fraction of sp³-hybridized carbons (Fsp3) is 0.200. The van der Waals surface area contributed by atoms with Crippen LogP contribution in [-0.2, 0) is 4.79 Å². The van der Waals surface area contributed by atoms with Crippen LogP contribution in [0.1, 0.15) is 18.9 Å². The van der Waals surface area contributed by atoms with Gasteiger partial charge in [0.15, 0.2) is 0 Å². The minimum absolute atomic E-state index is 0.0122. The Hall–Kier alpha value is -2.56. The summed E-state index contributed by atoms with van der Waals surface area (Å²) < 4.78 is 16.0. The molecular weight excluding hydrogens is 260 g/mol. The van der Waals surface area contributed by atoms with Crippen molar-refractivity contribution < 1.29 is 18.7 Å². The fourth-order valence-corrected chi connectivity index (χ4v) is 2.26. The number of Topliss-reactive ketones (excluding diaryl/α,β-unsaturated/α-hetero) is 1. The average molecular weight is 272 g/mol. The van der Waals surface area contributed by atoms with Crippen LogP contribution in [0, 0.1) is 0 Å². The third-order valence-corrected chi connectivity index (χ3v) is 3.03. The molecule has 2 heterocycles. The molecule has 0 fully saturated rings. The molecule has 0 unspecified atom stereocenters. The summed E-state index contributed by atoms with van der Waals surface area (Å²) in [6.07, 6.45) is 1.94. The molecule has 0 radical (unpaired) electrons. The van der Waals surface area contributed by atoms with E-state index in [0.29, 0.717) is 28.2 Å². The Morgan fingerprint density at radius 3 is 2.80 bits per heavy atom. The summed E-state index contributed by atoms with van der Waals surface area (Å²) in [7, 11) is 1.54. The molecule has 0 saturated heterocycles. The van der Waals surface area contributed by atoms with Crippen molar-refractivity contribution in [1.82, 2.24) is 0 Å². The molecular formula is C15H12O5. The zero-order valence-corrected chi connectivity index (χ0v) is 11.1. The van der Waals surface area contributed by atoms with E-state index in [2.05, 4.69) is 0 Å². The van der Waals surface area contributed by atoms with Crippen molar-refractivity contribution in [3.8, 4) is 11.5 Å². The summed E-state index contributed by atoms with van der Waals surface area (Å²) in [5.41, 5.74) is 0.705. The number of ketones is 1. The second-order valence-corrected chi connectivity index (χ2v) is 4.61. The molecule has 20 heavy (non-hydrogen) atoms. The van der Waals surface area contributed by atoms with Crippen molar-refractivity contribution in [2.24, 2.45) is 0 Å². The summed E-state index contributed by atoms with van der Waals surface area (Å²) >= 11 is 0. The maximum Gasteiger partial charge on any atom is 0.339 e. The van der Waals surface area contributed by atoms with Crippen molar-refractivity contribution in [3.05, 3.63) is 39.9 Å². The molecule has 102 valence electrons. The number of carbonyl (C=O) groups excluding carboxylic acids is 1. The van der Waals surface area contributed by atoms with Gasteiger partial charge in [-0.25, -0.2) is 4.79 Å². The van der Waals surface area contributed by atoms with Gasteiger partial charge in [-0.05, 0) is 24.6 Å². The normalized spacial score (nSPS) is 12.8. The minimum Gasteiger partial charge on any atom is -0.497 e. The smallest absolute Gasteiger partial charge is 0.339 e. The standard InChI is InChI=1S/C15H12O5/c1-8(16)3-11-5-9-4-10(18-2)6-12-15(9)13(19-11)7-14(17)20-12/h4-7H,3H2,1-2H3. The molecule has 3 rings (SSSR count). The molecule has 1 aromatic carbocycles. The number of allylic oxidation sites excluding steroid dienone is 1. The maximum absolute atomic E-state index is 11.6. The molecule has 2 aromatic rings. The lowest BCUT2D eigenvalue weighted by Crippen LogP contribution is -2.08. The van der Waals surface area contributed by atoms with Gasteiger partial charge in [0.25, 0.3) is 0 Å². The zero-order valence-electron chi connectivity index (χ0n) is 11.1. The monoisotopic (exact) mass is 272 g/mol. The van der Waals surface area contributed by atoms with Crippen LogP contribution in [0.5, 0.6) is 11.5 Å². The highest BCUT2D eigenvalue weighted by molar-refractivity contribution is 5.95. The van der Waals surface area contributed by atoms with Crippen LogP contribution in [-0.4, -0.2) is 12.9 Å². The van der Waals surface area contributed by atoms with Crippen molar-refractivity contribution in [2.75, 3.05) is 7.11 Å². The Morgan fingerprint density at radius 2 is 2.10 bits per heavy atom. The maximum atomic E-state index is 11.6. The lowest BCUT2D eigenvalue weighted by atomic mass is 10.0. The van der Waals surface area contributed by atoms with E-state index in [9.17, 15) is 9.59 Å². The first-order chi connectivity index (χ1) is 9.56. The molecule has 0 atom stereocenters. The lowest BCUT2D eigenvalue weighted by molar-refractivity contribution is -0.116. The largest absolute Gasteiger partial charge is 0.497 e. The van der Waals surface area contributed by atoms with Crippen LogP contribution in [0.25, 0.3) is 17.0 Å². The molecule has 0 bridgehead atoms. The molecule has 5 heteroatoms. The summed E-state index contributed by atoms with van der Waals surface area (Å²) in [6, 6.07) is 4.73. The Balaban J connectivity index is 2.27. The summed E-state index contributed by atoms with van der Waals surface area (Å²) in [6.45, 7) is 1.49. The summed E-state index contributed by atoms with van der Waals surface area (Å²) in [4.78, 5) is 22.8. The van der Waals surface area contributed by atoms with Crippen LogP contribution in [0.4, 0.5) is 0 Å². The van der Waals surface area contributed by atoms with Crippen LogP contribution >= 0.6 is 0 Å². The van der Waals surface area contributed by atoms with Crippen molar-refractivity contribution in [1.29, 1.82) is 0 Å². The Bertz CT molecular complexity index is 798. The molecule has 0 amide bonds. The summed E-state index contributed by atoms with van der Waals surface area (Å²) in [5.74, 6) is 1.48. The third kappa shape index (κ3) is 2.07. The number of carbonyl (C=O) groups is 1. The van der Waals surface area contributed by atoms with Gasteiger partial charge in [0, 0.05) is 6.07 Å². The van der Waals surface area contributed by atoms with Gasteiger partial charge in [-0.1, -0.05) is 0 Å². The SMILES string of the molecule is COc1cc2c3c(cc(=O)oc3c1)OC(CC(C)=O)=C2. The minimum atomic E-state index is -0.504. The quantitative estimate of drug-likeness (QED) is 0.803. The number of benzene rings is 1. The molecule has 0 N–H and O–H groups in total. The van der Waals surface area contributed by atoms with E-state index in [1.807, 2.05) is 6.07 Å². The Labute approximate surface area is 114 Å². The van der Waals surface area contributed by atoms with Gasteiger partial charge in [0.1, 0.15) is 28.6 Å². The molecule has 1 aliphatic rings. The van der Waals surface area contributed by atoms with Crippen LogP contribution < -0.4 is 15.1 Å². The molecule has 1 aromatic heterocycles. The predicted octanol–water partition coefficient (Wildman–Crippen LogP) is 2.51. The van der Waals surface area contributed by atoms with Crippen molar-refractivity contribution >= 4 is 22.8 Å². The first kappa shape index (κ1) is 12.5. The van der Waals surface area contributed by atoms with Gasteiger partial charge in [-0.3, -0.25) is 4.79 Å². The second-order valence-electron chi connectivity index (χ2n) is 4.61. The van der Waals surface area contributed by atoms with Gasteiger partial charge in [0.2, 0.25) is 0 Å². The third-order valence-electron chi connectivity index (χ3n) is 3.03. The first-order valence-corrected chi connectivity index (χ1v) is 6.10. The molecule has 0 saturated carbocycles. The number of ether oxygens (including phenoxy) is 2. The van der Waals surface area contributed by atoms with E-state index in [1.165, 1.54) is 20.1 Å². The van der Waals surface area contributed by atoms with Crippen LogP contribution in [0.15, 0.2) is 33.2 Å². The van der Waals surface area contributed by atoms with E-state index in [-0.39, 0.29) is 12.2 Å². The molecule has 0 aliphatic carbocycles. The Morgan fingerprint density at radius 1 is 1.30 bits per heavy atom. The van der Waals surface area contributed by atoms with E-state index in [0.717, 1.165) is 5.56 Å². The van der Waals surface area contributed by atoms with Gasteiger partial charge >= 0.3 is 5.63 Å². The summed E-state index contributed by atoms with van der Waals surface area (Å²) in [5, 5.41) is 0.706. The average Bonchev–Trinajstić information content (AvgIpc) is 2.36. The first-order valence-electron chi connectivity index (χ1n) is 6.10. The zero-order chi connectivity index (χ0) is 14.3. The van der Waals surface area contributed by atoms with Crippen LogP contribution in [0.3, 0.4) is 0 Å². The van der Waals surface area contributed by atoms with Gasteiger partial charge in [0.05, 0.1) is 25.0 Å². The van der Waals surface area contributed by atoms with E-state index >= 15 is 0 Å². The molecule has 1 aliphatic heterocycles. The highest BCUT2D eigenvalue weighted by Crippen LogP contribution is 2.37. The lowest BCUT2D eigenvalue weighted by Gasteiger charge is -2.18. The highest BCUT2D eigenvalue weighted by atomic mass is 16.5. The van der Waals surface area contributed by atoms with E-state index < -0.39 is 5.63 Å². The number of rotatable bonds is 3. The number of hydrogen-bond acceptors (Lipinski definition) is 5. The van der Waals surface area contributed by atoms with Gasteiger partial charge < -0.3 is 13.9 Å². The van der Waals surface area contributed by atoms with Crippen molar-refractivity contribution in [3.63, 3.8) is 0 Å². The van der Waals surface area contributed by atoms with E-state index in [1.54, 1.807) is 12.1 Å².